The largest absolute Gasteiger partial charge is 0.417 e. The molecule has 2 bridgehead atoms. The number of carbonyl (C=O) groups is 1. The number of amides is 1. The van der Waals surface area contributed by atoms with E-state index in [2.05, 4.69) is 15.2 Å². The van der Waals surface area contributed by atoms with Crippen LogP contribution in [-0.2, 0) is 6.18 Å². The zero-order valence-corrected chi connectivity index (χ0v) is 15.9. The fourth-order valence-corrected chi connectivity index (χ4v) is 4.54. The number of halogens is 3. The van der Waals surface area contributed by atoms with Gasteiger partial charge < -0.3 is 10.2 Å². The summed E-state index contributed by atoms with van der Waals surface area (Å²) in [6, 6.07) is 9.63. The number of carbonyl (C=O) groups excluding carboxylic acids is 1. The quantitative estimate of drug-likeness (QED) is 0.830. The second-order valence-corrected chi connectivity index (χ2v) is 8.32. The predicted octanol–water partition coefficient (Wildman–Crippen LogP) is 4.08. The van der Waals surface area contributed by atoms with Crippen LogP contribution in [0.2, 0.25) is 0 Å². The summed E-state index contributed by atoms with van der Waals surface area (Å²) in [6.45, 7) is 3.17. The highest BCUT2D eigenvalue weighted by molar-refractivity contribution is 7.99. The van der Waals surface area contributed by atoms with Crippen LogP contribution < -0.4 is 5.32 Å². The molecule has 4 heterocycles. The highest BCUT2D eigenvalue weighted by Gasteiger charge is 2.35. The first-order valence-electron chi connectivity index (χ1n) is 9.23. The second kappa shape index (κ2) is 7.75. The molecule has 8 heteroatoms. The third-order valence-corrected chi connectivity index (χ3v) is 6.33. The van der Waals surface area contributed by atoms with E-state index in [1.54, 1.807) is 24.3 Å². The number of hydrogen-bond donors (Lipinski definition) is 1. The van der Waals surface area contributed by atoms with Gasteiger partial charge >= 0.3 is 6.18 Å². The van der Waals surface area contributed by atoms with E-state index in [0.29, 0.717) is 16.5 Å². The van der Waals surface area contributed by atoms with Gasteiger partial charge in [-0.05, 0) is 68.2 Å². The lowest BCUT2D eigenvalue weighted by molar-refractivity contribution is -0.137. The molecule has 0 radical (unpaired) electrons. The normalized spacial score (nSPS) is 24.2. The molecule has 1 aromatic heterocycles. The smallest absolute Gasteiger partial charge is 0.348 e. The summed E-state index contributed by atoms with van der Waals surface area (Å²) < 4.78 is 37.8. The van der Waals surface area contributed by atoms with Gasteiger partial charge in [0, 0.05) is 29.2 Å². The number of alkyl halides is 3. The van der Waals surface area contributed by atoms with E-state index < -0.39 is 11.7 Å². The molecule has 0 aliphatic carbocycles. The Morgan fingerprint density at radius 1 is 1.11 bits per heavy atom. The Kier molecular flexibility index (Phi) is 5.33. The summed E-state index contributed by atoms with van der Waals surface area (Å²) in [5.74, 6) is 0.484. The first-order chi connectivity index (χ1) is 13.4. The number of rotatable bonds is 4. The van der Waals surface area contributed by atoms with Gasteiger partial charge in [-0.2, -0.15) is 13.2 Å². The average Bonchev–Trinajstić information content (AvgIpc) is 2.69. The first-order valence-corrected chi connectivity index (χ1v) is 10.0. The summed E-state index contributed by atoms with van der Waals surface area (Å²) in [4.78, 5) is 19.6. The van der Waals surface area contributed by atoms with E-state index in [-0.39, 0.29) is 11.9 Å². The Hall–Kier alpha value is -2.06. The van der Waals surface area contributed by atoms with Gasteiger partial charge in [-0.3, -0.25) is 4.79 Å². The van der Waals surface area contributed by atoms with Crippen molar-refractivity contribution in [2.24, 2.45) is 5.92 Å². The van der Waals surface area contributed by atoms with Crippen molar-refractivity contribution in [1.29, 1.82) is 0 Å². The molecule has 3 aliphatic rings. The topological polar surface area (TPSA) is 45.2 Å². The summed E-state index contributed by atoms with van der Waals surface area (Å²) >= 11 is 1.26. The SMILES string of the molecule is O=C(NC1CN2CCC1CC2)c1ccc(Sc2ccc(C(F)(F)F)cn2)cc1. The Labute approximate surface area is 165 Å². The molecule has 28 heavy (non-hydrogen) atoms. The fraction of sp³-hybridized carbons (Fsp3) is 0.400. The van der Waals surface area contributed by atoms with Crippen molar-refractivity contribution < 1.29 is 18.0 Å². The Morgan fingerprint density at radius 2 is 1.82 bits per heavy atom. The second-order valence-electron chi connectivity index (χ2n) is 7.23. The standard InChI is InChI=1S/C20H20F3N3OS/c21-20(22,23)15-3-6-18(24-11-15)28-16-4-1-14(2-5-16)19(27)25-17-12-26-9-7-13(17)8-10-26/h1-6,11,13,17H,7-10,12H2,(H,25,27). The zero-order chi connectivity index (χ0) is 19.7. The average molecular weight is 407 g/mol. The van der Waals surface area contributed by atoms with Crippen molar-refractivity contribution >= 4 is 17.7 Å². The van der Waals surface area contributed by atoms with Crippen LogP contribution in [0.4, 0.5) is 13.2 Å². The van der Waals surface area contributed by atoms with Crippen LogP contribution in [0.5, 0.6) is 0 Å². The van der Waals surface area contributed by atoms with Crippen LogP contribution >= 0.6 is 11.8 Å². The third-order valence-electron chi connectivity index (χ3n) is 5.38. The molecule has 148 valence electrons. The van der Waals surface area contributed by atoms with Crippen molar-refractivity contribution in [3.8, 4) is 0 Å². The number of aromatic nitrogens is 1. The number of nitrogens with one attached hydrogen (secondary N) is 1. The minimum atomic E-state index is -4.39. The van der Waals surface area contributed by atoms with Gasteiger partial charge in [-0.1, -0.05) is 11.8 Å². The van der Waals surface area contributed by atoms with Crippen LogP contribution in [0, 0.1) is 5.92 Å². The Morgan fingerprint density at radius 3 is 2.36 bits per heavy atom. The van der Waals surface area contributed by atoms with Gasteiger partial charge in [0.05, 0.1) is 5.56 Å². The maximum Gasteiger partial charge on any atom is 0.417 e. The molecule has 1 N–H and O–H groups in total. The molecule has 1 atom stereocenters. The van der Waals surface area contributed by atoms with Crippen molar-refractivity contribution in [2.45, 2.75) is 35.0 Å². The molecule has 3 aliphatic heterocycles. The zero-order valence-electron chi connectivity index (χ0n) is 15.1. The van der Waals surface area contributed by atoms with Crippen molar-refractivity contribution in [1.82, 2.24) is 15.2 Å². The molecule has 1 amide bonds. The molecule has 1 unspecified atom stereocenters. The monoisotopic (exact) mass is 407 g/mol. The highest BCUT2D eigenvalue weighted by Crippen LogP contribution is 2.32. The summed E-state index contributed by atoms with van der Waals surface area (Å²) in [7, 11) is 0. The molecule has 5 rings (SSSR count). The van der Waals surface area contributed by atoms with Crippen LogP contribution in [-0.4, -0.2) is 41.5 Å². The first kappa shape index (κ1) is 19.3. The van der Waals surface area contributed by atoms with E-state index in [4.69, 9.17) is 0 Å². The third kappa shape index (κ3) is 4.33. The number of hydrogen-bond acceptors (Lipinski definition) is 4. The van der Waals surface area contributed by atoms with Crippen LogP contribution in [0.3, 0.4) is 0 Å². The Balaban J connectivity index is 1.36. The molecule has 2 aromatic rings. The van der Waals surface area contributed by atoms with Crippen LogP contribution in [0.15, 0.2) is 52.5 Å². The van der Waals surface area contributed by atoms with Gasteiger partial charge in [0.1, 0.15) is 5.03 Å². The number of nitrogens with zero attached hydrogens (tertiary/aromatic N) is 2. The molecule has 0 spiro atoms. The van der Waals surface area contributed by atoms with Gasteiger partial charge in [0.2, 0.25) is 0 Å². The minimum absolute atomic E-state index is 0.0806. The number of fused-ring (bicyclic) bond motifs is 3. The maximum absolute atomic E-state index is 12.6. The molecule has 1 aromatic carbocycles. The Bertz CT molecular complexity index is 831. The van der Waals surface area contributed by atoms with Crippen LogP contribution in [0.1, 0.15) is 28.8 Å². The summed E-state index contributed by atoms with van der Waals surface area (Å²) in [5.41, 5.74) is -0.183. The lowest BCUT2D eigenvalue weighted by Gasteiger charge is -2.44. The van der Waals surface area contributed by atoms with E-state index >= 15 is 0 Å². The van der Waals surface area contributed by atoms with Gasteiger partial charge in [0.25, 0.3) is 5.91 Å². The van der Waals surface area contributed by atoms with Crippen molar-refractivity contribution in [3.05, 3.63) is 53.7 Å². The molecule has 3 saturated heterocycles. The summed E-state index contributed by atoms with van der Waals surface area (Å²) in [6.07, 6.45) is -1.28. The fourth-order valence-electron chi connectivity index (χ4n) is 3.78. The van der Waals surface area contributed by atoms with E-state index in [9.17, 15) is 18.0 Å². The van der Waals surface area contributed by atoms with Crippen molar-refractivity contribution in [3.63, 3.8) is 0 Å². The lowest BCUT2D eigenvalue weighted by Crippen LogP contribution is -2.57. The highest BCUT2D eigenvalue weighted by atomic mass is 32.2. The molecular formula is C20H20F3N3OS. The van der Waals surface area contributed by atoms with Gasteiger partial charge in [0.15, 0.2) is 0 Å². The van der Waals surface area contributed by atoms with E-state index in [1.165, 1.54) is 17.8 Å². The van der Waals surface area contributed by atoms with Gasteiger partial charge in [-0.15, -0.1) is 0 Å². The maximum atomic E-state index is 12.6. The van der Waals surface area contributed by atoms with Gasteiger partial charge in [-0.25, -0.2) is 4.98 Å². The minimum Gasteiger partial charge on any atom is -0.348 e. The van der Waals surface area contributed by atoms with E-state index in [1.807, 2.05) is 0 Å². The molecule has 4 nitrogen and oxygen atoms in total. The number of piperidine rings is 3. The summed E-state index contributed by atoms with van der Waals surface area (Å²) in [5, 5.41) is 3.62. The molecular weight excluding hydrogens is 387 g/mol. The van der Waals surface area contributed by atoms with Crippen LogP contribution in [0.25, 0.3) is 0 Å². The number of benzene rings is 1. The lowest BCUT2D eigenvalue weighted by atomic mass is 9.84. The predicted molar refractivity (Wildman–Crippen MR) is 100 cm³/mol. The van der Waals surface area contributed by atoms with Crippen molar-refractivity contribution in [2.75, 3.05) is 19.6 Å². The molecule has 0 saturated carbocycles. The molecule has 3 fully saturated rings. The number of pyridine rings is 1. The van der Waals surface area contributed by atoms with E-state index in [0.717, 1.165) is 49.6 Å².